The van der Waals surface area contributed by atoms with Gasteiger partial charge in [-0.05, 0) is 59.4 Å². The van der Waals surface area contributed by atoms with Crippen LogP contribution in [0.3, 0.4) is 0 Å². The summed E-state index contributed by atoms with van der Waals surface area (Å²) in [7, 11) is -5.56. The third-order valence-corrected chi connectivity index (χ3v) is 22.8. The van der Waals surface area contributed by atoms with Gasteiger partial charge in [-0.15, -0.1) is 0 Å². The maximum Gasteiger partial charge on any atom is 0.331 e. The highest BCUT2D eigenvalue weighted by atomic mass is 28.5. The highest BCUT2D eigenvalue weighted by Crippen LogP contribution is 2.33. The zero-order chi connectivity index (χ0) is 18.1. The Morgan fingerprint density at radius 3 is 1.65 bits per heavy atom. The van der Waals surface area contributed by atoms with Crippen LogP contribution >= 0.6 is 0 Å². The molecule has 1 aliphatic heterocycles. The molecule has 0 spiro atoms. The van der Waals surface area contributed by atoms with Crippen LogP contribution in [0, 0.1) is 0 Å². The third kappa shape index (κ3) is 7.75. The number of hydrogen-bond acceptors (Lipinski definition) is 5. The van der Waals surface area contributed by atoms with Crippen LogP contribution in [-0.4, -0.2) is 68.2 Å². The number of nitrogens with zero attached hydrogens (tertiary/aromatic N) is 1. The van der Waals surface area contributed by atoms with Crippen molar-refractivity contribution in [1.82, 2.24) is 4.90 Å². The number of rotatable bonds is 5. The normalized spacial score (nSPS) is 34.4. The summed E-state index contributed by atoms with van der Waals surface area (Å²) >= 11 is 0. The summed E-state index contributed by atoms with van der Waals surface area (Å²) in [5, 5.41) is 0. The first-order chi connectivity index (χ1) is 10.2. The van der Waals surface area contributed by atoms with Crippen molar-refractivity contribution in [3.05, 3.63) is 0 Å². The van der Waals surface area contributed by atoms with E-state index in [-0.39, 0.29) is 0 Å². The van der Waals surface area contributed by atoms with E-state index < -0.39 is 43.0 Å². The van der Waals surface area contributed by atoms with E-state index in [1.807, 2.05) is 0 Å². The van der Waals surface area contributed by atoms with Crippen molar-refractivity contribution < 1.29 is 16.5 Å². The molecule has 5 nitrogen and oxygen atoms in total. The maximum atomic E-state index is 6.80. The van der Waals surface area contributed by atoms with Crippen LogP contribution in [0.5, 0.6) is 0 Å². The highest BCUT2D eigenvalue weighted by molar-refractivity contribution is 6.93. The minimum Gasteiger partial charge on any atom is -0.416 e. The summed E-state index contributed by atoms with van der Waals surface area (Å²) in [5.74, 6) is 0. The van der Waals surface area contributed by atoms with E-state index in [1.165, 1.54) is 6.04 Å². The Kier molecular flexibility index (Phi) is 7.28. The van der Waals surface area contributed by atoms with Crippen molar-refractivity contribution in [2.24, 2.45) is 0 Å². The molecule has 1 fully saturated rings. The average molecular weight is 412 g/mol. The van der Waals surface area contributed by atoms with Gasteiger partial charge in [-0.2, -0.15) is 0 Å². The zero-order valence-corrected chi connectivity index (χ0v) is 21.9. The second kappa shape index (κ2) is 7.64. The summed E-state index contributed by atoms with van der Waals surface area (Å²) in [6.07, 6.45) is 0.847. The van der Waals surface area contributed by atoms with Crippen LogP contribution in [0.2, 0.25) is 64.5 Å². The Labute approximate surface area is 149 Å². The molecule has 0 aliphatic carbocycles. The second-order valence-corrected chi connectivity index (χ2v) is 26.2. The largest absolute Gasteiger partial charge is 0.416 e. The lowest BCUT2D eigenvalue weighted by Crippen LogP contribution is -2.68. The van der Waals surface area contributed by atoms with Crippen LogP contribution in [0.4, 0.5) is 0 Å². The molecule has 0 amide bonds. The Balaban J connectivity index is 3.10. The Morgan fingerprint density at radius 1 is 0.739 bits per heavy atom. The summed E-state index contributed by atoms with van der Waals surface area (Å²) in [5.41, 5.74) is 0. The Bertz CT molecular complexity index is 410. The Morgan fingerprint density at radius 2 is 1.22 bits per heavy atom. The van der Waals surface area contributed by atoms with Crippen molar-refractivity contribution in [1.29, 1.82) is 0 Å². The van der Waals surface area contributed by atoms with Crippen molar-refractivity contribution in [2.75, 3.05) is 20.3 Å². The molecular formula is C13H37NO4Si5. The molecule has 1 saturated heterocycles. The summed E-state index contributed by atoms with van der Waals surface area (Å²) in [6.45, 7) is 17.7. The van der Waals surface area contributed by atoms with E-state index in [4.69, 9.17) is 16.5 Å². The lowest BCUT2D eigenvalue weighted by atomic mass is 10.9. The lowest BCUT2D eigenvalue weighted by Gasteiger charge is -2.49. The van der Waals surface area contributed by atoms with E-state index in [1.54, 1.807) is 0 Å². The molecule has 0 N–H and O–H groups in total. The van der Waals surface area contributed by atoms with Gasteiger partial charge >= 0.3 is 34.2 Å². The molecule has 2 atom stereocenters. The van der Waals surface area contributed by atoms with Crippen LogP contribution in [-0.2, 0) is 16.5 Å². The van der Waals surface area contributed by atoms with Gasteiger partial charge in [-0.1, -0.05) is 19.1 Å². The molecule has 138 valence electrons. The summed E-state index contributed by atoms with van der Waals surface area (Å²) < 4.78 is 26.5. The molecule has 0 aromatic rings. The van der Waals surface area contributed by atoms with Gasteiger partial charge in [-0.25, -0.2) is 0 Å². The topological polar surface area (TPSA) is 40.2 Å². The lowest BCUT2D eigenvalue weighted by molar-refractivity contribution is 0.221. The molecule has 0 saturated carbocycles. The van der Waals surface area contributed by atoms with Gasteiger partial charge in [0, 0.05) is 15.0 Å². The smallest absolute Gasteiger partial charge is 0.331 e. The quantitative estimate of drug-likeness (QED) is 0.650. The molecule has 0 aromatic heterocycles. The number of hydrogen-bond donors (Lipinski definition) is 0. The van der Waals surface area contributed by atoms with Crippen molar-refractivity contribution in [2.45, 2.75) is 64.5 Å². The van der Waals surface area contributed by atoms with Crippen molar-refractivity contribution in [3.8, 4) is 0 Å². The fraction of sp³-hybridized carbons (Fsp3) is 1.00. The van der Waals surface area contributed by atoms with Crippen molar-refractivity contribution >= 4 is 43.0 Å². The molecular weight excluding hydrogens is 375 g/mol. The minimum atomic E-state index is -2.35. The fourth-order valence-corrected chi connectivity index (χ4v) is 29.2. The van der Waals surface area contributed by atoms with Gasteiger partial charge in [0.1, 0.15) is 0 Å². The molecule has 2 unspecified atom stereocenters. The Hall–Kier alpha value is 0.884. The van der Waals surface area contributed by atoms with Gasteiger partial charge < -0.3 is 21.4 Å². The summed E-state index contributed by atoms with van der Waals surface area (Å²) in [4.78, 5) is 2.17. The van der Waals surface area contributed by atoms with Gasteiger partial charge in [0.15, 0.2) is 0 Å². The predicted octanol–water partition coefficient (Wildman–Crippen LogP) is 3.20. The fourth-order valence-electron chi connectivity index (χ4n) is 3.46. The van der Waals surface area contributed by atoms with Gasteiger partial charge in [-0.3, -0.25) is 0 Å². The van der Waals surface area contributed by atoms with Crippen LogP contribution in [0.15, 0.2) is 0 Å². The monoisotopic (exact) mass is 411 g/mol. The van der Waals surface area contributed by atoms with Gasteiger partial charge in [0.25, 0.3) is 0 Å². The zero-order valence-electron chi connectivity index (χ0n) is 16.8. The molecule has 23 heavy (non-hydrogen) atoms. The molecule has 0 radical (unpaired) electrons. The van der Waals surface area contributed by atoms with E-state index >= 15 is 0 Å². The first-order valence-electron chi connectivity index (χ1n) is 8.61. The van der Waals surface area contributed by atoms with E-state index in [0.717, 1.165) is 12.2 Å². The molecule has 0 aromatic carbocycles. The maximum absolute atomic E-state index is 6.80. The minimum absolute atomic E-state index is 0.630. The van der Waals surface area contributed by atoms with E-state index in [2.05, 4.69) is 71.4 Å². The standard InChI is InChI=1S/C13H37NO4Si5/c1-14(2)13-23(10)17-21(7,8)15-20(5,6)16-22(9,18-23)12-11-19(3)4/h19H,11-13H2,1-10H3. The van der Waals surface area contributed by atoms with Crippen LogP contribution in [0.25, 0.3) is 0 Å². The SMILES string of the molecule is CN(C)C[Si]1(C)O[Si](C)(C)O[Si](C)(C)O[Si](C)(CC[SiH](C)C)O1. The first-order valence-corrected chi connectivity index (χ1v) is 22.4. The van der Waals surface area contributed by atoms with Crippen LogP contribution in [0.1, 0.15) is 0 Å². The predicted molar refractivity (Wildman–Crippen MR) is 110 cm³/mol. The first kappa shape index (κ1) is 21.9. The molecule has 0 bridgehead atoms. The van der Waals surface area contributed by atoms with Gasteiger partial charge in [0.2, 0.25) is 0 Å². The van der Waals surface area contributed by atoms with Crippen molar-refractivity contribution in [3.63, 3.8) is 0 Å². The second-order valence-electron chi connectivity index (χ2n) is 8.65. The average Bonchev–Trinajstić information content (AvgIpc) is 2.18. The van der Waals surface area contributed by atoms with E-state index in [9.17, 15) is 0 Å². The van der Waals surface area contributed by atoms with Crippen LogP contribution < -0.4 is 0 Å². The molecule has 1 aliphatic rings. The highest BCUT2D eigenvalue weighted by Gasteiger charge is 2.54. The molecule has 10 heteroatoms. The summed E-state index contributed by atoms with van der Waals surface area (Å²) in [6, 6.07) is 2.33. The molecule has 1 rings (SSSR count). The van der Waals surface area contributed by atoms with Gasteiger partial charge in [0.05, 0.1) is 0 Å². The van der Waals surface area contributed by atoms with E-state index in [0.29, 0.717) is 0 Å². The third-order valence-electron chi connectivity index (χ3n) is 3.63. The molecule has 1 heterocycles.